The summed E-state index contributed by atoms with van der Waals surface area (Å²) in [5.41, 5.74) is 1.15. The maximum atomic E-state index is 5.98. The van der Waals surface area contributed by atoms with Crippen molar-refractivity contribution in [1.82, 2.24) is 9.97 Å². The molecular weight excluding hydrogens is 308 g/mol. The molecule has 0 saturated carbocycles. The van der Waals surface area contributed by atoms with Crippen LogP contribution in [-0.2, 0) is 12.2 Å². The third kappa shape index (κ3) is 4.93. The van der Waals surface area contributed by atoms with Crippen LogP contribution in [0.1, 0.15) is 25.4 Å². The van der Waals surface area contributed by atoms with Crippen molar-refractivity contribution in [1.29, 1.82) is 0 Å². The van der Waals surface area contributed by atoms with Crippen molar-refractivity contribution in [3.05, 3.63) is 51.5 Å². The fourth-order valence-electron chi connectivity index (χ4n) is 1.89. The molecule has 2 rings (SSSR count). The summed E-state index contributed by atoms with van der Waals surface area (Å²) in [6.07, 6.45) is 0.987. The van der Waals surface area contributed by atoms with Crippen molar-refractivity contribution in [3.63, 3.8) is 0 Å². The molecule has 2 aromatic rings. The van der Waals surface area contributed by atoms with Crippen LogP contribution < -0.4 is 0 Å². The second-order valence-corrected chi connectivity index (χ2v) is 6.94. The second-order valence-electron chi connectivity index (χ2n) is 5.04. The van der Waals surface area contributed by atoms with Crippen LogP contribution >= 0.6 is 35.6 Å². The molecule has 0 amide bonds. The molecule has 0 aliphatic rings. The predicted octanol–water partition coefficient (Wildman–Crippen LogP) is 5.28. The summed E-state index contributed by atoms with van der Waals surface area (Å²) in [5, 5.41) is 0.754. The van der Waals surface area contributed by atoms with Gasteiger partial charge in [0.05, 0.1) is 5.75 Å². The van der Waals surface area contributed by atoms with Crippen molar-refractivity contribution in [2.75, 3.05) is 0 Å². The highest BCUT2D eigenvalue weighted by molar-refractivity contribution is 7.98. The number of halogens is 1. The minimum absolute atomic E-state index is 0.594. The fraction of sp³-hybridized carbons (Fsp3) is 0.333. The zero-order chi connectivity index (χ0) is 14.5. The molecule has 1 aromatic carbocycles. The number of hydrogen-bond acceptors (Lipinski definition) is 3. The van der Waals surface area contributed by atoms with Gasteiger partial charge in [0.2, 0.25) is 0 Å². The Morgan fingerprint density at radius 3 is 2.85 bits per heavy atom. The number of H-pyrrole nitrogens is 1. The van der Waals surface area contributed by atoms with Gasteiger partial charge in [-0.1, -0.05) is 43.7 Å². The standard InChI is InChI=1S/C15H17ClN2S2/c1-10(2)6-12-8-15(19)18-14(17-12)9-20-13-5-3-4-11(16)7-13/h3-5,7-8,10H,6,9H2,1-2H3,(H,17,18,19). The fourth-order valence-corrected chi connectivity index (χ4v) is 3.22. The summed E-state index contributed by atoms with van der Waals surface area (Å²) in [7, 11) is 0. The van der Waals surface area contributed by atoms with Gasteiger partial charge in [-0.2, -0.15) is 0 Å². The molecule has 106 valence electrons. The highest BCUT2D eigenvalue weighted by Crippen LogP contribution is 2.24. The lowest BCUT2D eigenvalue weighted by Crippen LogP contribution is -2.02. The van der Waals surface area contributed by atoms with E-state index in [0.29, 0.717) is 10.6 Å². The smallest absolute Gasteiger partial charge is 0.130 e. The highest BCUT2D eigenvalue weighted by atomic mass is 35.5. The van der Waals surface area contributed by atoms with Crippen molar-refractivity contribution in [3.8, 4) is 0 Å². The van der Waals surface area contributed by atoms with Gasteiger partial charge >= 0.3 is 0 Å². The number of benzene rings is 1. The Hall–Kier alpha value is -0.840. The highest BCUT2D eigenvalue weighted by Gasteiger charge is 2.03. The molecule has 1 heterocycles. The zero-order valence-electron chi connectivity index (χ0n) is 11.5. The van der Waals surface area contributed by atoms with E-state index in [9.17, 15) is 0 Å². The van der Waals surface area contributed by atoms with Gasteiger partial charge in [0.25, 0.3) is 0 Å². The lowest BCUT2D eigenvalue weighted by molar-refractivity contribution is 0.631. The maximum absolute atomic E-state index is 5.98. The Bertz CT molecular complexity index is 638. The largest absolute Gasteiger partial charge is 0.346 e. The average Bonchev–Trinajstić information content (AvgIpc) is 2.35. The molecule has 1 aromatic heterocycles. The number of nitrogens with zero attached hydrogens (tertiary/aromatic N) is 1. The second kappa shape index (κ2) is 7.25. The zero-order valence-corrected chi connectivity index (χ0v) is 13.9. The first-order valence-electron chi connectivity index (χ1n) is 6.50. The summed E-state index contributed by atoms with van der Waals surface area (Å²) in [6, 6.07) is 9.78. The van der Waals surface area contributed by atoms with Crippen LogP contribution in [0.3, 0.4) is 0 Å². The number of thioether (sulfide) groups is 1. The quantitative estimate of drug-likeness (QED) is 0.599. The van der Waals surface area contributed by atoms with Gasteiger partial charge in [-0.25, -0.2) is 4.98 Å². The van der Waals surface area contributed by atoms with Gasteiger partial charge in [-0.3, -0.25) is 0 Å². The lowest BCUT2D eigenvalue weighted by atomic mass is 10.1. The van der Waals surface area contributed by atoms with E-state index in [1.807, 2.05) is 30.3 Å². The first-order chi connectivity index (χ1) is 9.52. The molecule has 0 aliphatic heterocycles. The van der Waals surface area contributed by atoms with Crippen LogP contribution in [0.2, 0.25) is 5.02 Å². The van der Waals surface area contributed by atoms with Gasteiger partial charge in [0.1, 0.15) is 10.5 Å². The summed E-state index contributed by atoms with van der Waals surface area (Å²) in [4.78, 5) is 8.89. The molecule has 0 aliphatic carbocycles. The van der Waals surface area contributed by atoms with Crippen LogP contribution in [0.4, 0.5) is 0 Å². The number of aromatic nitrogens is 2. The molecule has 0 radical (unpaired) electrons. The first kappa shape index (κ1) is 15.5. The molecular formula is C15H17ClN2S2. The van der Waals surface area contributed by atoms with Gasteiger partial charge in [-0.05, 0) is 36.6 Å². The van der Waals surface area contributed by atoms with E-state index in [2.05, 4.69) is 23.8 Å². The summed E-state index contributed by atoms with van der Waals surface area (Å²) in [6.45, 7) is 4.38. The van der Waals surface area contributed by atoms with Crippen LogP contribution in [0.5, 0.6) is 0 Å². The topological polar surface area (TPSA) is 28.7 Å². The van der Waals surface area contributed by atoms with Gasteiger partial charge < -0.3 is 4.98 Å². The first-order valence-corrected chi connectivity index (χ1v) is 8.27. The normalized spacial score (nSPS) is 11.0. The molecule has 0 bridgehead atoms. The minimum Gasteiger partial charge on any atom is -0.346 e. The van der Waals surface area contributed by atoms with Crippen LogP contribution in [0.25, 0.3) is 0 Å². The van der Waals surface area contributed by atoms with Gasteiger partial charge in [-0.15, -0.1) is 11.8 Å². The Balaban J connectivity index is 2.09. The molecule has 0 atom stereocenters. The molecule has 0 spiro atoms. The Labute approximate surface area is 134 Å². The minimum atomic E-state index is 0.594. The molecule has 2 nitrogen and oxygen atoms in total. The molecule has 0 fully saturated rings. The number of rotatable bonds is 5. The lowest BCUT2D eigenvalue weighted by Gasteiger charge is -2.08. The molecule has 0 unspecified atom stereocenters. The Morgan fingerprint density at radius 2 is 2.15 bits per heavy atom. The van der Waals surface area contributed by atoms with Crippen LogP contribution in [0, 0.1) is 10.6 Å². The SMILES string of the molecule is CC(C)Cc1cc(=S)nc(CSc2cccc(Cl)c2)[nH]1. The summed E-state index contributed by atoms with van der Waals surface area (Å²) >= 11 is 12.9. The van der Waals surface area contributed by atoms with E-state index < -0.39 is 0 Å². The van der Waals surface area contributed by atoms with E-state index in [4.69, 9.17) is 23.8 Å². The van der Waals surface area contributed by atoms with E-state index >= 15 is 0 Å². The van der Waals surface area contributed by atoms with E-state index in [-0.39, 0.29) is 0 Å². The van der Waals surface area contributed by atoms with Crippen molar-refractivity contribution in [2.45, 2.75) is 30.9 Å². The van der Waals surface area contributed by atoms with Gasteiger partial charge in [0, 0.05) is 15.6 Å². The Kier molecular flexibility index (Phi) is 5.64. The molecule has 20 heavy (non-hydrogen) atoms. The van der Waals surface area contributed by atoms with Crippen molar-refractivity contribution >= 4 is 35.6 Å². The third-order valence-electron chi connectivity index (χ3n) is 2.65. The molecule has 0 saturated heterocycles. The number of aromatic amines is 1. The van der Waals surface area contributed by atoms with E-state index in [1.54, 1.807) is 11.8 Å². The Morgan fingerprint density at radius 1 is 1.35 bits per heavy atom. The van der Waals surface area contributed by atoms with Crippen molar-refractivity contribution in [2.24, 2.45) is 5.92 Å². The third-order valence-corrected chi connectivity index (χ3v) is 4.10. The van der Waals surface area contributed by atoms with Crippen LogP contribution in [0.15, 0.2) is 35.2 Å². The molecule has 5 heteroatoms. The number of hydrogen-bond donors (Lipinski definition) is 1. The summed E-state index contributed by atoms with van der Waals surface area (Å²) < 4.78 is 0.654. The molecule has 1 N–H and O–H groups in total. The van der Waals surface area contributed by atoms with E-state index in [1.165, 1.54) is 0 Å². The maximum Gasteiger partial charge on any atom is 0.130 e. The van der Waals surface area contributed by atoms with Crippen LogP contribution in [-0.4, -0.2) is 9.97 Å². The average molecular weight is 325 g/mol. The number of nitrogens with one attached hydrogen (secondary N) is 1. The van der Waals surface area contributed by atoms with Crippen molar-refractivity contribution < 1.29 is 0 Å². The predicted molar refractivity (Wildman–Crippen MR) is 89.0 cm³/mol. The monoisotopic (exact) mass is 324 g/mol. The summed E-state index contributed by atoms with van der Waals surface area (Å²) in [5.74, 6) is 2.27. The van der Waals surface area contributed by atoms with Gasteiger partial charge in [0.15, 0.2) is 0 Å². The van der Waals surface area contributed by atoms with E-state index in [0.717, 1.165) is 33.6 Å².